The van der Waals surface area contributed by atoms with E-state index in [0.717, 1.165) is 11.4 Å². The van der Waals surface area contributed by atoms with E-state index in [1.165, 1.54) is 0 Å². The zero-order valence-corrected chi connectivity index (χ0v) is 12.0. The zero-order chi connectivity index (χ0) is 14.9. The van der Waals surface area contributed by atoms with E-state index in [1.54, 1.807) is 0 Å². The summed E-state index contributed by atoms with van der Waals surface area (Å²) in [4.78, 5) is 0. The van der Waals surface area contributed by atoms with Gasteiger partial charge in [-0.1, -0.05) is 36.4 Å². The topological polar surface area (TPSA) is 67.5 Å². The Kier molecular flexibility index (Phi) is 6.06. The molecule has 21 heavy (non-hydrogen) atoms. The molecule has 0 saturated heterocycles. The molecule has 0 aliphatic rings. The van der Waals surface area contributed by atoms with Crippen molar-refractivity contribution in [1.29, 1.82) is 0 Å². The second-order valence-corrected chi connectivity index (χ2v) is 4.94. The smallest absolute Gasteiger partial charge is 0.119 e. The summed E-state index contributed by atoms with van der Waals surface area (Å²) in [5.74, 6) is 0.742. The number of nitrogens with two attached hydrogens (primary N) is 1. The molecule has 0 radical (unpaired) electrons. The first-order chi connectivity index (χ1) is 10.3. The Bertz CT molecular complexity index is 505. The predicted molar refractivity (Wildman–Crippen MR) is 85.5 cm³/mol. The molecule has 4 nitrogen and oxygen atoms in total. The van der Waals surface area contributed by atoms with Crippen LogP contribution >= 0.6 is 0 Å². The van der Waals surface area contributed by atoms with E-state index in [0.29, 0.717) is 13.0 Å². The molecular weight excluding hydrogens is 264 g/mol. The van der Waals surface area contributed by atoms with Gasteiger partial charge in [0.1, 0.15) is 18.5 Å². The van der Waals surface area contributed by atoms with Gasteiger partial charge in [0.15, 0.2) is 0 Å². The van der Waals surface area contributed by atoms with E-state index in [-0.39, 0.29) is 12.6 Å². The van der Waals surface area contributed by atoms with E-state index in [4.69, 9.17) is 10.5 Å². The molecule has 2 aromatic rings. The lowest BCUT2D eigenvalue weighted by Gasteiger charge is -2.19. The number of para-hydroxylation sites is 2. The van der Waals surface area contributed by atoms with Gasteiger partial charge in [0.25, 0.3) is 0 Å². The van der Waals surface area contributed by atoms with Crippen LogP contribution < -0.4 is 15.8 Å². The summed E-state index contributed by atoms with van der Waals surface area (Å²) in [6, 6.07) is 19.0. The summed E-state index contributed by atoms with van der Waals surface area (Å²) in [7, 11) is 0. The van der Waals surface area contributed by atoms with Crippen molar-refractivity contribution in [2.24, 2.45) is 5.73 Å². The molecule has 0 saturated carbocycles. The number of aliphatic hydroxyl groups excluding tert-OH is 1. The van der Waals surface area contributed by atoms with E-state index >= 15 is 0 Å². The van der Waals surface area contributed by atoms with E-state index < -0.39 is 6.10 Å². The van der Waals surface area contributed by atoms with Crippen LogP contribution in [0.25, 0.3) is 0 Å². The summed E-state index contributed by atoms with van der Waals surface area (Å²) in [6.45, 7) is 0.921. The average Bonchev–Trinajstić information content (AvgIpc) is 2.54. The standard InChI is InChI=1S/C17H22N2O2/c18-16(11-12-19-14-7-3-1-4-8-14)17(20)13-21-15-9-5-2-6-10-15/h1-10,16-17,19-20H,11-13,18H2. The van der Waals surface area contributed by atoms with Crippen molar-refractivity contribution in [3.8, 4) is 5.75 Å². The molecule has 0 aromatic heterocycles. The number of anilines is 1. The van der Waals surface area contributed by atoms with Gasteiger partial charge >= 0.3 is 0 Å². The van der Waals surface area contributed by atoms with Gasteiger partial charge in [-0.3, -0.25) is 0 Å². The van der Waals surface area contributed by atoms with E-state index in [9.17, 15) is 5.11 Å². The minimum Gasteiger partial charge on any atom is -0.491 e. The predicted octanol–water partition coefficient (Wildman–Crippen LogP) is 2.26. The number of hydrogen-bond donors (Lipinski definition) is 3. The summed E-state index contributed by atoms with van der Waals surface area (Å²) < 4.78 is 5.50. The van der Waals surface area contributed by atoms with Crippen molar-refractivity contribution in [2.75, 3.05) is 18.5 Å². The van der Waals surface area contributed by atoms with Crippen LogP contribution in [-0.4, -0.2) is 30.4 Å². The van der Waals surface area contributed by atoms with E-state index in [2.05, 4.69) is 5.32 Å². The molecule has 0 aliphatic carbocycles. The Morgan fingerprint density at radius 2 is 1.62 bits per heavy atom. The van der Waals surface area contributed by atoms with Crippen LogP contribution in [0.4, 0.5) is 5.69 Å². The van der Waals surface area contributed by atoms with Crippen molar-refractivity contribution < 1.29 is 9.84 Å². The summed E-state index contributed by atoms with van der Waals surface area (Å²) in [5.41, 5.74) is 7.03. The molecule has 0 spiro atoms. The van der Waals surface area contributed by atoms with Crippen LogP contribution in [0.15, 0.2) is 60.7 Å². The third kappa shape index (κ3) is 5.45. The highest BCUT2D eigenvalue weighted by molar-refractivity contribution is 5.42. The Balaban J connectivity index is 1.66. The summed E-state index contributed by atoms with van der Waals surface area (Å²) in [5, 5.41) is 13.3. The van der Waals surface area contributed by atoms with Crippen LogP contribution in [-0.2, 0) is 0 Å². The number of ether oxygens (including phenoxy) is 1. The first-order valence-electron chi connectivity index (χ1n) is 7.16. The fraction of sp³-hybridized carbons (Fsp3) is 0.294. The molecule has 2 atom stereocenters. The fourth-order valence-corrected chi connectivity index (χ4v) is 1.95. The maximum absolute atomic E-state index is 10.00. The minimum atomic E-state index is -0.678. The Hall–Kier alpha value is -2.04. The Morgan fingerprint density at radius 3 is 2.29 bits per heavy atom. The molecule has 4 heteroatoms. The lowest BCUT2D eigenvalue weighted by Crippen LogP contribution is -2.40. The van der Waals surface area contributed by atoms with E-state index in [1.807, 2.05) is 60.7 Å². The van der Waals surface area contributed by atoms with Crippen molar-refractivity contribution in [2.45, 2.75) is 18.6 Å². The van der Waals surface area contributed by atoms with Crippen LogP contribution in [0.2, 0.25) is 0 Å². The van der Waals surface area contributed by atoms with Gasteiger partial charge in [-0.15, -0.1) is 0 Å². The molecule has 0 aliphatic heterocycles. The number of benzene rings is 2. The zero-order valence-electron chi connectivity index (χ0n) is 12.0. The highest BCUT2D eigenvalue weighted by Gasteiger charge is 2.15. The van der Waals surface area contributed by atoms with Crippen molar-refractivity contribution in [1.82, 2.24) is 0 Å². The molecular formula is C17H22N2O2. The maximum Gasteiger partial charge on any atom is 0.119 e. The number of nitrogens with one attached hydrogen (secondary N) is 1. The minimum absolute atomic E-state index is 0.205. The van der Waals surface area contributed by atoms with Crippen LogP contribution in [0.1, 0.15) is 6.42 Å². The van der Waals surface area contributed by atoms with Crippen LogP contribution in [0.3, 0.4) is 0 Å². The van der Waals surface area contributed by atoms with Crippen molar-refractivity contribution in [3.05, 3.63) is 60.7 Å². The lowest BCUT2D eigenvalue weighted by atomic mass is 10.1. The number of rotatable bonds is 8. The molecule has 2 unspecified atom stereocenters. The van der Waals surface area contributed by atoms with Crippen LogP contribution in [0, 0.1) is 0 Å². The van der Waals surface area contributed by atoms with Gasteiger partial charge in [0, 0.05) is 18.3 Å². The van der Waals surface area contributed by atoms with Crippen molar-refractivity contribution in [3.63, 3.8) is 0 Å². The first-order valence-corrected chi connectivity index (χ1v) is 7.16. The third-order valence-corrected chi connectivity index (χ3v) is 3.24. The van der Waals surface area contributed by atoms with Gasteiger partial charge in [-0.05, 0) is 30.7 Å². The molecule has 0 bridgehead atoms. The lowest BCUT2D eigenvalue weighted by molar-refractivity contribution is 0.0836. The maximum atomic E-state index is 10.00. The summed E-state index contributed by atoms with van der Waals surface area (Å²) >= 11 is 0. The van der Waals surface area contributed by atoms with Gasteiger partial charge in [-0.25, -0.2) is 0 Å². The SMILES string of the molecule is NC(CCNc1ccccc1)C(O)COc1ccccc1. The largest absolute Gasteiger partial charge is 0.491 e. The normalized spacial score (nSPS) is 13.4. The summed E-state index contributed by atoms with van der Waals surface area (Å²) in [6.07, 6.45) is -0.00317. The first kappa shape index (κ1) is 15.4. The highest BCUT2D eigenvalue weighted by atomic mass is 16.5. The molecule has 0 heterocycles. The molecule has 112 valence electrons. The second kappa shape index (κ2) is 8.29. The Morgan fingerprint density at radius 1 is 1.00 bits per heavy atom. The molecule has 0 amide bonds. The van der Waals surface area contributed by atoms with Gasteiger partial charge in [0.2, 0.25) is 0 Å². The monoisotopic (exact) mass is 286 g/mol. The molecule has 4 N–H and O–H groups in total. The van der Waals surface area contributed by atoms with Gasteiger partial charge in [0.05, 0.1) is 0 Å². The van der Waals surface area contributed by atoms with Crippen LogP contribution in [0.5, 0.6) is 5.75 Å². The third-order valence-electron chi connectivity index (χ3n) is 3.24. The number of hydrogen-bond acceptors (Lipinski definition) is 4. The van der Waals surface area contributed by atoms with Gasteiger partial charge in [-0.2, -0.15) is 0 Å². The molecule has 2 aromatic carbocycles. The molecule has 2 rings (SSSR count). The fourth-order valence-electron chi connectivity index (χ4n) is 1.95. The quantitative estimate of drug-likeness (QED) is 0.696. The molecule has 0 fully saturated rings. The second-order valence-electron chi connectivity index (χ2n) is 4.94. The Labute approximate surface area is 125 Å². The average molecular weight is 286 g/mol. The number of aliphatic hydroxyl groups is 1. The van der Waals surface area contributed by atoms with Crippen molar-refractivity contribution >= 4 is 5.69 Å². The highest BCUT2D eigenvalue weighted by Crippen LogP contribution is 2.10. The van der Waals surface area contributed by atoms with Gasteiger partial charge < -0.3 is 20.9 Å².